The summed E-state index contributed by atoms with van der Waals surface area (Å²) in [6, 6.07) is -1.26. The fourth-order valence-corrected chi connectivity index (χ4v) is 5.51. The second-order valence-electron chi connectivity index (χ2n) is 9.50. The molecule has 3 N–H and O–H groups in total. The van der Waals surface area contributed by atoms with E-state index < -0.39 is 56.8 Å². The van der Waals surface area contributed by atoms with Crippen LogP contribution in [-0.2, 0) is 33.9 Å². The summed E-state index contributed by atoms with van der Waals surface area (Å²) in [7, 11) is -2.09. The SMILES string of the molecule is COC(=O)[C@H](CC(C)C)NC(=O)c1cc(S(=O)(=O)NC(C)C(=O)N[C@@H](CC(C)C)C(=O)OC)c(Cl)cc1Cl. The molecule has 11 nitrogen and oxygen atoms in total. The third-order valence-corrected chi connectivity index (χ3v) is 7.61. The van der Waals surface area contributed by atoms with Crippen molar-refractivity contribution >= 4 is 57.0 Å². The molecule has 2 amide bonds. The van der Waals surface area contributed by atoms with Crippen molar-refractivity contribution in [3.05, 3.63) is 27.7 Å². The van der Waals surface area contributed by atoms with Crippen molar-refractivity contribution in [1.82, 2.24) is 15.4 Å². The topological polar surface area (TPSA) is 157 Å². The maximum absolute atomic E-state index is 13.1. The first-order valence-corrected chi connectivity index (χ1v) is 14.1. The molecule has 214 valence electrons. The zero-order valence-electron chi connectivity index (χ0n) is 22.4. The molecule has 0 saturated carbocycles. The van der Waals surface area contributed by atoms with Gasteiger partial charge in [-0.3, -0.25) is 9.59 Å². The molecule has 0 saturated heterocycles. The van der Waals surface area contributed by atoms with Gasteiger partial charge in [0.25, 0.3) is 5.91 Å². The summed E-state index contributed by atoms with van der Waals surface area (Å²) in [4.78, 5) is 49.2. The second-order valence-corrected chi connectivity index (χ2v) is 12.0. The number of amides is 2. The zero-order valence-corrected chi connectivity index (χ0v) is 24.7. The van der Waals surface area contributed by atoms with Gasteiger partial charge in [0.2, 0.25) is 15.9 Å². The van der Waals surface area contributed by atoms with Crippen LogP contribution in [0.2, 0.25) is 10.0 Å². The lowest BCUT2D eigenvalue weighted by atomic mass is 10.0. The Kier molecular flexibility index (Phi) is 13.0. The van der Waals surface area contributed by atoms with E-state index in [0.29, 0.717) is 0 Å². The number of carbonyl (C=O) groups excluding carboxylic acids is 4. The van der Waals surface area contributed by atoms with Crippen LogP contribution in [0.1, 0.15) is 57.8 Å². The lowest BCUT2D eigenvalue weighted by Gasteiger charge is -2.21. The molecule has 0 aliphatic carbocycles. The molecule has 1 unspecified atom stereocenters. The Hall–Kier alpha value is -2.41. The predicted octanol–water partition coefficient (Wildman–Crippen LogP) is 2.68. The van der Waals surface area contributed by atoms with Crippen LogP contribution in [0.4, 0.5) is 0 Å². The van der Waals surface area contributed by atoms with Crippen molar-refractivity contribution in [3.63, 3.8) is 0 Å². The fraction of sp³-hybridized carbons (Fsp3) is 0.583. The quantitative estimate of drug-likeness (QED) is 0.294. The summed E-state index contributed by atoms with van der Waals surface area (Å²) in [6.07, 6.45) is 0.551. The van der Waals surface area contributed by atoms with E-state index in [1.807, 2.05) is 27.7 Å². The number of halogens is 2. The lowest BCUT2D eigenvalue weighted by Crippen LogP contribution is -2.50. The molecular weight excluding hydrogens is 561 g/mol. The lowest BCUT2D eigenvalue weighted by molar-refractivity contribution is -0.145. The number of rotatable bonds is 13. The van der Waals surface area contributed by atoms with Gasteiger partial charge in [-0.1, -0.05) is 50.9 Å². The first-order chi connectivity index (χ1) is 17.5. The largest absolute Gasteiger partial charge is 0.467 e. The average Bonchev–Trinajstić information content (AvgIpc) is 2.80. The first kappa shape index (κ1) is 33.6. The van der Waals surface area contributed by atoms with Gasteiger partial charge in [-0.05, 0) is 43.7 Å². The van der Waals surface area contributed by atoms with Crippen molar-refractivity contribution < 1.29 is 37.1 Å². The Balaban J connectivity index is 3.21. The smallest absolute Gasteiger partial charge is 0.328 e. The minimum Gasteiger partial charge on any atom is -0.467 e. The summed E-state index contributed by atoms with van der Waals surface area (Å²) < 4.78 is 37.9. The van der Waals surface area contributed by atoms with Gasteiger partial charge in [0, 0.05) is 0 Å². The van der Waals surface area contributed by atoms with E-state index in [2.05, 4.69) is 15.4 Å². The molecule has 0 aliphatic rings. The van der Waals surface area contributed by atoms with Crippen LogP contribution in [0.3, 0.4) is 0 Å². The van der Waals surface area contributed by atoms with Gasteiger partial charge in [-0.15, -0.1) is 0 Å². The van der Waals surface area contributed by atoms with Gasteiger partial charge in [0.15, 0.2) is 0 Å². The van der Waals surface area contributed by atoms with E-state index in [9.17, 15) is 27.6 Å². The Morgan fingerprint density at radius 3 is 1.74 bits per heavy atom. The average molecular weight is 597 g/mol. The van der Waals surface area contributed by atoms with Crippen LogP contribution in [0.15, 0.2) is 17.0 Å². The Morgan fingerprint density at radius 1 is 0.816 bits per heavy atom. The van der Waals surface area contributed by atoms with Crippen LogP contribution >= 0.6 is 23.2 Å². The molecule has 3 atom stereocenters. The third-order valence-electron chi connectivity index (χ3n) is 5.29. The fourth-order valence-electron chi connectivity index (χ4n) is 3.45. The number of nitrogens with one attached hydrogen (secondary N) is 3. The van der Waals surface area contributed by atoms with Crippen molar-refractivity contribution in [3.8, 4) is 0 Å². The molecule has 0 spiro atoms. The molecule has 1 aromatic rings. The highest BCUT2D eigenvalue weighted by Gasteiger charge is 2.30. The number of methoxy groups -OCH3 is 2. The number of benzene rings is 1. The van der Waals surface area contributed by atoms with Crippen molar-refractivity contribution in [2.45, 2.75) is 70.5 Å². The van der Waals surface area contributed by atoms with E-state index in [4.69, 9.17) is 32.7 Å². The summed E-state index contributed by atoms with van der Waals surface area (Å²) in [5, 5.41) is 4.53. The molecular formula is C24H35Cl2N3O8S. The molecule has 1 rings (SSSR count). The highest BCUT2D eigenvalue weighted by Crippen LogP contribution is 2.29. The molecule has 0 aromatic heterocycles. The number of ether oxygens (including phenoxy) is 2. The molecule has 0 radical (unpaired) electrons. The van der Waals surface area contributed by atoms with Gasteiger partial charge >= 0.3 is 11.9 Å². The Bertz CT molecular complexity index is 1140. The van der Waals surface area contributed by atoms with Gasteiger partial charge < -0.3 is 20.1 Å². The number of esters is 2. The van der Waals surface area contributed by atoms with E-state index in [1.54, 1.807) is 0 Å². The minimum absolute atomic E-state index is 0.0344. The highest BCUT2D eigenvalue weighted by molar-refractivity contribution is 7.89. The van der Waals surface area contributed by atoms with Gasteiger partial charge in [0.05, 0.1) is 35.9 Å². The maximum atomic E-state index is 13.1. The third kappa shape index (κ3) is 9.72. The van der Waals surface area contributed by atoms with Crippen LogP contribution in [0.5, 0.6) is 0 Å². The van der Waals surface area contributed by atoms with E-state index in [-0.39, 0.29) is 40.3 Å². The number of hydrogen-bond donors (Lipinski definition) is 3. The molecule has 0 heterocycles. The van der Waals surface area contributed by atoms with Crippen molar-refractivity contribution in [2.24, 2.45) is 11.8 Å². The number of carbonyl (C=O) groups is 4. The van der Waals surface area contributed by atoms with Crippen LogP contribution in [0, 0.1) is 11.8 Å². The molecule has 1 aromatic carbocycles. The van der Waals surface area contributed by atoms with Crippen LogP contribution < -0.4 is 15.4 Å². The Morgan fingerprint density at radius 2 is 1.29 bits per heavy atom. The molecule has 0 aliphatic heterocycles. The van der Waals surface area contributed by atoms with Crippen molar-refractivity contribution in [1.29, 1.82) is 0 Å². The standard InChI is InChI=1S/C24H35Cl2N3O8S/c1-12(2)8-18(23(32)36-6)27-21(30)14(5)29-38(34,35)20-10-15(16(25)11-17(20)26)22(31)28-19(9-13(3)4)24(33)37-7/h10-14,18-19,29H,8-9H2,1-7H3,(H,27,30)(H,28,31)/t14?,18-,19-/m0/s1. The Labute approximate surface area is 233 Å². The van der Waals surface area contributed by atoms with Crippen molar-refractivity contribution in [2.75, 3.05) is 14.2 Å². The van der Waals surface area contributed by atoms with E-state index >= 15 is 0 Å². The summed E-state index contributed by atoms with van der Waals surface area (Å²) >= 11 is 12.3. The first-order valence-electron chi connectivity index (χ1n) is 11.8. The molecule has 14 heteroatoms. The monoisotopic (exact) mass is 595 g/mol. The summed E-state index contributed by atoms with van der Waals surface area (Å²) in [5.74, 6) is -2.85. The number of sulfonamides is 1. The summed E-state index contributed by atoms with van der Waals surface area (Å²) in [6.45, 7) is 8.67. The highest BCUT2D eigenvalue weighted by atomic mass is 35.5. The van der Waals surface area contributed by atoms with Crippen LogP contribution in [-0.4, -0.2) is 64.5 Å². The van der Waals surface area contributed by atoms with Gasteiger partial charge in [0.1, 0.15) is 17.0 Å². The van der Waals surface area contributed by atoms with Crippen LogP contribution in [0.25, 0.3) is 0 Å². The van der Waals surface area contributed by atoms with E-state index in [1.165, 1.54) is 21.1 Å². The second kappa shape index (κ2) is 14.7. The summed E-state index contributed by atoms with van der Waals surface area (Å²) in [5.41, 5.74) is -0.256. The normalized spacial score (nSPS) is 14.0. The predicted molar refractivity (Wildman–Crippen MR) is 142 cm³/mol. The molecule has 38 heavy (non-hydrogen) atoms. The maximum Gasteiger partial charge on any atom is 0.328 e. The van der Waals surface area contributed by atoms with Gasteiger partial charge in [-0.2, -0.15) is 4.72 Å². The number of hydrogen-bond acceptors (Lipinski definition) is 8. The minimum atomic E-state index is -4.45. The van der Waals surface area contributed by atoms with Gasteiger partial charge in [-0.25, -0.2) is 18.0 Å². The molecule has 0 fully saturated rings. The zero-order chi connectivity index (χ0) is 29.4. The molecule has 0 bridgehead atoms. The van der Waals surface area contributed by atoms with E-state index in [0.717, 1.165) is 12.1 Å².